The van der Waals surface area contributed by atoms with Crippen molar-refractivity contribution in [2.75, 3.05) is 20.3 Å². The second kappa shape index (κ2) is 7.74. The highest BCUT2D eigenvalue weighted by Crippen LogP contribution is 2.28. The smallest absolute Gasteiger partial charge is 0.161 e. The Balaban J connectivity index is 2.64. The van der Waals surface area contributed by atoms with Crippen LogP contribution in [0.2, 0.25) is 0 Å². The van der Waals surface area contributed by atoms with E-state index in [0.29, 0.717) is 13.2 Å². The average Bonchev–Trinajstić information content (AvgIpc) is 2.35. The monoisotopic (exact) mass is 235 g/mol. The van der Waals surface area contributed by atoms with Gasteiger partial charge in [0.05, 0.1) is 13.7 Å². The van der Waals surface area contributed by atoms with E-state index in [-0.39, 0.29) is 0 Å². The topological polar surface area (TPSA) is 44.5 Å². The van der Waals surface area contributed by atoms with Gasteiger partial charge in [-0.1, -0.05) is 12.1 Å². The van der Waals surface area contributed by atoms with E-state index in [1.165, 1.54) is 5.56 Å². The number of unbranched alkanes of at least 4 members (excludes halogenated alkanes) is 1. The molecule has 0 atom stereocenters. The molecule has 0 saturated carbocycles. The van der Waals surface area contributed by atoms with Gasteiger partial charge in [-0.15, -0.1) is 6.58 Å². The van der Waals surface area contributed by atoms with Crippen molar-refractivity contribution in [3.63, 3.8) is 0 Å². The Hall–Kier alpha value is -1.48. The molecule has 1 rings (SSSR count). The summed E-state index contributed by atoms with van der Waals surface area (Å²) in [5, 5.41) is 0. The van der Waals surface area contributed by atoms with Crippen molar-refractivity contribution in [3.8, 4) is 11.5 Å². The van der Waals surface area contributed by atoms with E-state index in [1.54, 1.807) is 7.11 Å². The molecule has 0 heterocycles. The van der Waals surface area contributed by atoms with Crippen LogP contribution in [0.25, 0.3) is 0 Å². The lowest BCUT2D eigenvalue weighted by Gasteiger charge is -2.11. The van der Waals surface area contributed by atoms with Gasteiger partial charge in [-0.05, 0) is 43.5 Å². The number of hydrogen-bond donors (Lipinski definition) is 1. The largest absolute Gasteiger partial charge is 0.493 e. The molecule has 94 valence electrons. The molecule has 0 saturated heterocycles. The first-order valence-electron chi connectivity index (χ1n) is 5.92. The van der Waals surface area contributed by atoms with Crippen LogP contribution in [0.1, 0.15) is 18.4 Å². The lowest BCUT2D eigenvalue weighted by atomic mass is 10.1. The molecule has 1 aromatic carbocycles. The molecule has 0 aromatic heterocycles. The van der Waals surface area contributed by atoms with Crippen LogP contribution in [0.4, 0.5) is 0 Å². The van der Waals surface area contributed by atoms with E-state index in [4.69, 9.17) is 15.2 Å². The second-order valence-corrected chi connectivity index (χ2v) is 3.80. The second-order valence-electron chi connectivity index (χ2n) is 3.80. The maximum absolute atomic E-state index is 5.70. The standard InChI is InChI=1S/C14H21NO2/c1-3-4-5-10-17-14-11-12(8-9-15)6-7-13(14)16-2/h3,6-7,11H,1,4-5,8-10,15H2,2H3. The molecule has 1 aromatic rings. The van der Waals surface area contributed by atoms with Gasteiger partial charge >= 0.3 is 0 Å². The third-order valence-electron chi connectivity index (χ3n) is 2.47. The lowest BCUT2D eigenvalue weighted by Crippen LogP contribution is -2.04. The number of nitrogens with two attached hydrogens (primary N) is 1. The van der Waals surface area contributed by atoms with Gasteiger partial charge in [-0.25, -0.2) is 0 Å². The molecule has 0 fully saturated rings. The van der Waals surface area contributed by atoms with Gasteiger partial charge in [-0.3, -0.25) is 0 Å². The fraction of sp³-hybridized carbons (Fsp3) is 0.429. The minimum Gasteiger partial charge on any atom is -0.493 e. The molecule has 0 aliphatic heterocycles. The van der Waals surface area contributed by atoms with Crippen LogP contribution >= 0.6 is 0 Å². The van der Waals surface area contributed by atoms with Gasteiger partial charge < -0.3 is 15.2 Å². The van der Waals surface area contributed by atoms with E-state index in [1.807, 2.05) is 24.3 Å². The minimum absolute atomic E-state index is 0.641. The normalized spacial score (nSPS) is 10.0. The van der Waals surface area contributed by atoms with Crippen molar-refractivity contribution in [2.24, 2.45) is 5.73 Å². The van der Waals surface area contributed by atoms with Crippen LogP contribution < -0.4 is 15.2 Å². The molecule has 17 heavy (non-hydrogen) atoms. The van der Waals surface area contributed by atoms with Gasteiger partial charge in [0.2, 0.25) is 0 Å². The zero-order valence-corrected chi connectivity index (χ0v) is 10.4. The number of allylic oxidation sites excluding steroid dienone is 1. The lowest BCUT2D eigenvalue weighted by molar-refractivity contribution is 0.290. The molecule has 0 bridgehead atoms. The third-order valence-corrected chi connectivity index (χ3v) is 2.47. The van der Waals surface area contributed by atoms with E-state index in [0.717, 1.165) is 30.8 Å². The molecule has 0 unspecified atom stereocenters. The highest BCUT2D eigenvalue weighted by atomic mass is 16.5. The summed E-state index contributed by atoms with van der Waals surface area (Å²) < 4.78 is 11.0. The predicted octanol–water partition coefficient (Wildman–Crippen LogP) is 2.54. The first-order valence-corrected chi connectivity index (χ1v) is 5.92. The van der Waals surface area contributed by atoms with Crippen molar-refractivity contribution < 1.29 is 9.47 Å². The molecule has 3 nitrogen and oxygen atoms in total. The zero-order chi connectivity index (χ0) is 12.5. The fourth-order valence-corrected chi connectivity index (χ4v) is 1.57. The van der Waals surface area contributed by atoms with Gasteiger partial charge in [0.15, 0.2) is 11.5 Å². The van der Waals surface area contributed by atoms with E-state index < -0.39 is 0 Å². The summed E-state index contributed by atoms with van der Waals surface area (Å²) in [5.74, 6) is 1.56. The summed E-state index contributed by atoms with van der Waals surface area (Å²) in [6.45, 7) is 5.00. The van der Waals surface area contributed by atoms with Crippen molar-refractivity contribution in [3.05, 3.63) is 36.4 Å². The minimum atomic E-state index is 0.641. The first-order chi connectivity index (χ1) is 8.31. The number of hydrogen-bond acceptors (Lipinski definition) is 3. The third kappa shape index (κ3) is 4.49. The van der Waals surface area contributed by atoms with Crippen LogP contribution in [-0.4, -0.2) is 20.3 Å². The summed E-state index contributed by atoms with van der Waals surface area (Å²) in [7, 11) is 1.65. The predicted molar refractivity (Wildman–Crippen MR) is 70.7 cm³/mol. The van der Waals surface area contributed by atoms with E-state index in [2.05, 4.69) is 6.58 Å². The summed E-state index contributed by atoms with van der Waals surface area (Å²) in [4.78, 5) is 0. The number of benzene rings is 1. The van der Waals surface area contributed by atoms with Gasteiger partial charge in [0.1, 0.15) is 0 Å². The summed E-state index contributed by atoms with van der Waals surface area (Å²) in [5.41, 5.74) is 6.71. The molecular formula is C14H21NO2. The molecule has 0 amide bonds. The molecule has 2 N–H and O–H groups in total. The van der Waals surface area contributed by atoms with Crippen molar-refractivity contribution >= 4 is 0 Å². The molecule has 0 radical (unpaired) electrons. The Labute approximate surface area is 103 Å². The summed E-state index contributed by atoms with van der Waals surface area (Å²) in [6.07, 6.45) is 4.68. The SMILES string of the molecule is C=CCCCOc1cc(CCN)ccc1OC. The fourth-order valence-electron chi connectivity index (χ4n) is 1.57. The van der Waals surface area contributed by atoms with Crippen LogP contribution in [0.5, 0.6) is 11.5 Å². The van der Waals surface area contributed by atoms with E-state index in [9.17, 15) is 0 Å². The molecule has 0 spiro atoms. The molecule has 3 heteroatoms. The number of ether oxygens (including phenoxy) is 2. The highest BCUT2D eigenvalue weighted by Gasteiger charge is 2.05. The van der Waals surface area contributed by atoms with E-state index >= 15 is 0 Å². The highest BCUT2D eigenvalue weighted by molar-refractivity contribution is 5.43. The number of methoxy groups -OCH3 is 1. The Kier molecular flexibility index (Phi) is 6.18. The Morgan fingerprint density at radius 1 is 1.35 bits per heavy atom. The quantitative estimate of drug-likeness (QED) is 0.556. The zero-order valence-electron chi connectivity index (χ0n) is 10.4. The summed E-state index contributed by atoms with van der Waals surface area (Å²) >= 11 is 0. The molecule has 0 aliphatic carbocycles. The maximum atomic E-state index is 5.70. The van der Waals surface area contributed by atoms with Gasteiger partial charge in [0.25, 0.3) is 0 Å². The van der Waals surface area contributed by atoms with Crippen LogP contribution in [0.3, 0.4) is 0 Å². The number of rotatable bonds is 8. The average molecular weight is 235 g/mol. The Morgan fingerprint density at radius 2 is 2.18 bits per heavy atom. The Bertz CT molecular complexity index is 350. The van der Waals surface area contributed by atoms with Crippen LogP contribution in [-0.2, 0) is 6.42 Å². The van der Waals surface area contributed by atoms with Gasteiger partial charge in [0, 0.05) is 0 Å². The van der Waals surface area contributed by atoms with Crippen molar-refractivity contribution in [2.45, 2.75) is 19.3 Å². The Morgan fingerprint density at radius 3 is 2.82 bits per heavy atom. The first kappa shape index (κ1) is 13.6. The van der Waals surface area contributed by atoms with Crippen LogP contribution in [0, 0.1) is 0 Å². The molecule has 0 aliphatic rings. The molecular weight excluding hydrogens is 214 g/mol. The van der Waals surface area contributed by atoms with Crippen molar-refractivity contribution in [1.82, 2.24) is 0 Å². The van der Waals surface area contributed by atoms with Crippen LogP contribution in [0.15, 0.2) is 30.9 Å². The summed E-state index contributed by atoms with van der Waals surface area (Å²) in [6, 6.07) is 5.94. The maximum Gasteiger partial charge on any atom is 0.161 e. The van der Waals surface area contributed by atoms with Gasteiger partial charge in [-0.2, -0.15) is 0 Å². The van der Waals surface area contributed by atoms with Crippen molar-refractivity contribution in [1.29, 1.82) is 0 Å².